The van der Waals surface area contributed by atoms with Gasteiger partial charge in [-0.15, -0.1) is 13.2 Å². The molecule has 1 aliphatic carbocycles. The standard InChI is InChI=1S/C34H38N2O4/c1-3-22-35(33(38)36(23-4-2)32(37)30-18-12-7-13-19-30)31-20-21-34(24-31,40-26-29-16-10-6-11-17-29)27-39-25-28-14-8-5-9-15-28/h3-19,31H,1-2,20-27H2/t31-,34+/m0/s1. The van der Waals surface area contributed by atoms with Crippen molar-refractivity contribution in [3.05, 3.63) is 133 Å². The van der Waals surface area contributed by atoms with E-state index in [0.717, 1.165) is 24.0 Å². The molecule has 1 fully saturated rings. The van der Waals surface area contributed by atoms with Gasteiger partial charge >= 0.3 is 6.03 Å². The van der Waals surface area contributed by atoms with Gasteiger partial charge in [0.25, 0.3) is 5.91 Å². The molecule has 0 saturated heterocycles. The molecule has 0 bridgehead atoms. The molecule has 0 unspecified atom stereocenters. The highest BCUT2D eigenvalue weighted by molar-refractivity contribution is 6.04. The van der Waals surface area contributed by atoms with E-state index in [9.17, 15) is 9.59 Å². The van der Waals surface area contributed by atoms with Crippen LogP contribution in [0.1, 0.15) is 40.7 Å². The predicted octanol–water partition coefficient (Wildman–Crippen LogP) is 6.65. The van der Waals surface area contributed by atoms with Gasteiger partial charge in [0, 0.05) is 24.7 Å². The van der Waals surface area contributed by atoms with Gasteiger partial charge in [0.1, 0.15) is 0 Å². The molecule has 1 aliphatic rings. The number of urea groups is 1. The maximum atomic E-state index is 13.9. The Balaban J connectivity index is 1.52. The maximum Gasteiger partial charge on any atom is 0.327 e. The van der Waals surface area contributed by atoms with Crippen LogP contribution in [0.15, 0.2) is 116 Å². The van der Waals surface area contributed by atoms with Crippen LogP contribution in [-0.4, -0.2) is 53.1 Å². The topological polar surface area (TPSA) is 59.1 Å². The fourth-order valence-corrected chi connectivity index (χ4v) is 5.16. The minimum atomic E-state index is -0.568. The fourth-order valence-electron chi connectivity index (χ4n) is 5.16. The van der Waals surface area contributed by atoms with Crippen molar-refractivity contribution in [3.8, 4) is 0 Å². The Morgan fingerprint density at radius 3 is 2.00 bits per heavy atom. The van der Waals surface area contributed by atoms with Gasteiger partial charge in [-0.3, -0.25) is 9.69 Å². The van der Waals surface area contributed by atoms with Crippen molar-refractivity contribution in [2.24, 2.45) is 0 Å². The molecule has 6 nitrogen and oxygen atoms in total. The van der Waals surface area contributed by atoms with Crippen LogP contribution in [0.25, 0.3) is 0 Å². The van der Waals surface area contributed by atoms with Gasteiger partial charge in [-0.2, -0.15) is 0 Å². The monoisotopic (exact) mass is 538 g/mol. The first kappa shape index (κ1) is 29.0. The number of amides is 3. The summed E-state index contributed by atoms with van der Waals surface area (Å²) in [6.45, 7) is 9.43. The molecule has 0 heterocycles. The van der Waals surface area contributed by atoms with E-state index in [1.807, 2.05) is 66.7 Å². The Bertz CT molecular complexity index is 1250. The van der Waals surface area contributed by atoms with E-state index < -0.39 is 5.60 Å². The molecule has 0 aliphatic heterocycles. The number of carbonyl (C=O) groups is 2. The van der Waals surface area contributed by atoms with E-state index in [-0.39, 0.29) is 24.5 Å². The van der Waals surface area contributed by atoms with E-state index in [2.05, 4.69) is 13.2 Å². The Kier molecular flexibility index (Phi) is 10.4. The SMILES string of the molecule is C=CCN(C(=O)c1ccccc1)C(=O)N(CC=C)[C@H]1CC[C@@](COCc2ccccc2)(OCc2ccccc2)C1. The van der Waals surface area contributed by atoms with Gasteiger partial charge in [-0.25, -0.2) is 4.79 Å². The minimum Gasteiger partial charge on any atom is -0.374 e. The summed E-state index contributed by atoms with van der Waals surface area (Å²) in [5, 5.41) is 0. The van der Waals surface area contributed by atoms with E-state index in [1.165, 1.54) is 4.90 Å². The normalized spacial score (nSPS) is 18.1. The summed E-state index contributed by atoms with van der Waals surface area (Å²) in [6, 6.07) is 28.5. The van der Waals surface area contributed by atoms with E-state index in [4.69, 9.17) is 9.47 Å². The first-order valence-corrected chi connectivity index (χ1v) is 13.7. The molecular formula is C34H38N2O4. The lowest BCUT2D eigenvalue weighted by Gasteiger charge is -2.35. The summed E-state index contributed by atoms with van der Waals surface area (Å²) in [6.07, 6.45) is 5.33. The van der Waals surface area contributed by atoms with Crippen molar-refractivity contribution < 1.29 is 19.1 Å². The quantitative estimate of drug-likeness (QED) is 0.229. The lowest BCUT2D eigenvalue weighted by atomic mass is 10.0. The summed E-state index contributed by atoms with van der Waals surface area (Å²) in [5.74, 6) is -0.352. The highest BCUT2D eigenvalue weighted by atomic mass is 16.5. The van der Waals surface area contributed by atoms with Gasteiger partial charge < -0.3 is 14.4 Å². The average Bonchev–Trinajstić information content (AvgIpc) is 3.42. The maximum absolute atomic E-state index is 13.9. The second-order valence-corrected chi connectivity index (χ2v) is 10.1. The highest BCUT2D eigenvalue weighted by Gasteiger charge is 2.44. The van der Waals surface area contributed by atoms with Crippen LogP contribution in [0.5, 0.6) is 0 Å². The zero-order valence-corrected chi connectivity index (χ0v) is 23.0. The van der Waals surface area contributed by atoms with Crippen molar-refractivity contribution >= 4 is 11.9 Å². The summed E-state index contributed by atoms with van der Waals surface area (Å²) in [7, 11) is 0. The largest absolute Gasteiger partial charge is 0.374 e. The van der Waals surface area contributed by atoms with E-state index >= 15 is 0 Å². The third-order valence-corrected chi connectivity index (χ3v) is 7.23. The lowest BCUT2D eigenvalue weighted by Crippen LogP contribution is -2.50. The number of hydrogen-bond donors (Lipinski definition) is 0. The average molecular weight is 539 g/mol. The van der Waals surface area contributed by atoms with Gasteiger partial charge in [-0.05, 0) is 42.5 Å². The van der Waals surface area contributed by atoms with Crippen molar-refractivity contribution in [3.63, 3.8) is 0 Å². The smallest absolute Gasteiger partial charge is 0.327 e. The van der Waals surface area contributed by atoms with Crippen LogP contribution < -0.4 is 0 Å². The highest BCUT2D eigenvalue weighted by Crippen LogP contribution is 2.38. The van der Waals surface area contributed by atoms with Gasteiger partial charge in [0.15, 0.2) is 0 Å². The van der Waals surface area contributed by atoms with Crippen LogP contribution >= 0.6 is 0 Å². The van der Waals surface area contributed by atoms with Gasteiger partial charge in [0.2, 0.25) is 0 Å². The molecule has 6 heteroatoms. The summed E-state index contributed by atoms with van der Waals surface area (Å²) in [4.78, 5) is 30.2. The van der Waals surface area contributed by atoms with Crippen molar-refractivity contribution in [2.75, 3.05) is 19.7 Å². The van der Waals surface area contributed by atoms with Crippen LogP contribution in [0.2, 0.25) is 0 Å². The lowest BCUT2D eigenvalue weighted by molar-refractivity contribution is -0.108. The molecule has 2 atom stereocenters. The zero-order chi connectivity index (χ0) is 28.2. The molecule has 1 saturated carbocycles. The fraction of sp³-hybridized carbons (Fsp3) is 0.294. The van der Waals surface area contributed by atoms with Crippen molar-refractivity contribution in [1.29, 1.82) is 0 Å². The number of nitrogens with zero attached hydrogens (tertiary/aromatic N) is 2. The second-order valence-electron chi connectivity index (χ2n) is 10.1. The summed E-state index contributed by atoms with van der Waals surface area (Å²) < 4.78 is 12.8. The number of imide groups is 1. The zero-order valence-electron chi connectivity index (χ0n) is 23.0. The second kappa shape index (κ2) is 14.4. The number of ether oxygens (including phenoxy) is 2. The molecular weight excluding hydrogens is 500 g/mol. The third-order valence-electron chi connectivity index (χ3n) is 7.23. The number of hydrogen-bond acceptors (Lipinski definition) is 4. The number of rotatable bonds is 13. The molecule has 0 aromatic heterocycles. The Morgan fingerprint density at radius 1 is 0.825 bits per heavy atom. The molecule has 40 heavy (non-hydrogen) atoms. The summed E-state index contributed by atoms with van der Waals surface area (Å²) >= 11 is 0. The van der Waals surface area contributed by atoms with E-state index in [0.29, 0.717) is 38.3 Å². The predicted molar refractivity (Wildman–Crippen MR) is 158 cm³/mol. The van der Waals surface area contributed by atoms with Crippen LogP contribution in [0.3, 0.4) is 0 Å². The Labute approximate surface area is 237 Å². The molecule has 3 aromatic carbocycles. The molecule has 4 rings (SSSR count). The molecule has 0 spiro atoms. The van der Waals surface area contributed by atoms with Crippen molar-refractivity contribution in [2.45, 2.75) is 44.1 Å². The third kappa shape index (κ3) is 7.56. The Morgan fingerprint density at radius 2 is 1.40 bits per heavy atom. The first-order valence-electron chi connectivity index (χ1n) is 13.7. The first-order chi connectivity index (χ1) is 19.5. The van der Waals surface area contributed by atoms with Crippen molar-refractivity contribution in [1.82, 2.24) is 9.80 Å². The Hall–Kier alpha value is -4.00. The van der Waals surface area contributed by atoms with Gasteiger partial charge in [-0.1, -0.05) is 91.0 Å². The van der Waals surface area contributed by atoms with E-state index in [1.54, 1.807) is 41.3 Å². The molecule has 0 radical (unpaired) electrons. The molecule has 0 N–H and O–H groups in total. The minimum absolute atomic E-state index is 0.114. The number of benzene rings is 3. The molecule has 3 amide bonds. The summed E-state index contributed by atoms with van der Waals surface area (Å²) in [5.41, 5.74) is 2.07. The van der Waals surface area contributed by atoms with Crippen LogP contribution in [0.4, 0.5) is 4.79 Å². The van der Waals surface area contributed by atoms with Crippen LogP contribution in [0, 0.1) is 0 Å². The van der Waals surface area contributed by atoms with Crippen LogP contribution in [-0.2, 0) is 22.7 Å². The molecule has 208 valence electrons. The van der Waals surface area contributed by atoms with Gasteiger partial charge in [0.05, 0.1) is 25.4 Å². The molecule has 3 aromatic rings. The number of carbonyl (C=O) groups excluding carboxylic acids is 2.